The number of carbonyl (C=O) groups excluding carboxylic acids is 1. The van der Waals surface area contributed by atoms with E-state index in [-0.39, 0.29) is 11.9 Å². The SMILES string of the molecule is COc1cc(/C=C2\NC(=S)N(C3CCCCC3)C2=O)ccc1OCc1ccc2ccccc2c1. The maximum Gasteiger partial charge on any atom is 0.276 e. The van der Waals surface area contributed by atoms with Crippen LogP contribution in [0.1, 0.15) is 43.2 Å². The van der Waals surface area contributed by atoms with Crippen molar-refractivity contribution in [2.75, 3.05) is 7.11 Å². The molecule has 0 atom stereocenters. The van der Waals surface area contributed by atoms with Gasteiger partial charge in [0.1, 0.15) is 12.3 Å². The molecule has 5 rings (SSSR count). The highest BCUT2D eigenvalue weighted by atomic mass is 32.1. The Labute approximate surface area is 205 Å². The third-order valence-corrected chi connectivity index (χ3v) is 6.86. The smallest absolute Gasteiger partial charge is 0.276 e. The minimum atomic E-state index is -0.0486. The number of ether oxygens (including phenoxy) is 2. The van der Waals surface area contributed by atoms with E-state index in [1.165, 1.54) is 17.2 Å². The van der Waals surface area contributed by atoms with Crippen molar-refractivity contribution < 1.29 is 14.3 Å². The normalized spacial score (nSPS) is 17.9. The van der Waals surface area contributed by atoms with Gasteiger partial charge in [0.25, 0.3) is 5.91 Å². The molecule has 1 saturated carbocycles. The van der Waals surface area contributed by atoms with Gasteiger partial charge in [0.15, 0.2) is 16.6 Å². The molecule has 3 aromatic carbocycles. The lowest BCUT2D eigenvalue weighted by Gasteiger charge is -2.29. The molecule has 174 valence electrons. The van der Waals surface area contributed by atoms with Crippen LogP contribution in [0.25, 0.3) is 16.8 Å². The second-order valence-corrected chi connectivity index (χ2v) is 9.22. The zero-order valence-corrected chi connectivity index (χ0v) is 20.1. The van der Waals surface area contributed by atoms with Gasteiger partial charge in [0.05, 0.1) is 7.11 Å². The van der Waals surface area contributed by atoms with E-state index in [0.29, 0.717) is 28.9 Å². The van der Waals surface area contributed by atoms with Crippen LogP contribution in [0.3, 0.4) is 0 Å². The van der Waals surface area contributed by atoms with Crippen LogP contribution in [0.15, 0.2) is 66.4 Å². The Morgan fingerprint density at radius 1 is 1.00 bits per heavy atom. The summed E-state index contributed by atoms with van der Waals surface area (Å²) in [6, 6.07) is 20.5. The zero-order chi connectivity index (χ0) is 23.5. The number of benzene rings is 3. The van der Waals surface area contributed by atoms with Crippen LogP contribution in [0.4, 0.5) is 0 Å². The highest BCUT2D eigenvalue weighted by Crippen LogP contribution is 2.31. The van der Waals surface area contributed by atoms with Crippen molar-refractivity contribution in [2.45, 2.75) is 44.8 Å². The van der Waals surface area contributed by atoms with Crippen molar-refractivity contribution in [1.82, 2.24) is 10.2 Å². The number of methoxy groups -OCH3 is 1. The molecule has 1 saturated heterocycles. The average molecular weight is 473 g/mol. The monoisotopic (exact) mass is 472 g/mol. The Hall–Kier alpha value is -3.38. The molecular formula is C28H28N2O3S. The van der Waals surface area contributed by atoms with Crippen LogP contribution in [0.2, 0.25) is 0 Å². The first-order valence-corrected chi connectivity index (χ1v) is 12.2. The molecule has 2 aliphatic rings. The quantitative estimate of drug-likeness (QED) is 0.362. The Bertz CT molecular complexity index is 1260. The number of rotatable bonds is 6. The van der Waals surface area contributed by atoms with Gasteiger partial charge in [-0.1, -0.05) is 61.7 Å². The Balaban J connectivity index is 1.30. The average Bonchev–Trinajstić information content (AvgIpc) is 3.15. The molecule has 6 heteroatoms. The molecule has 0 unspecified atom stereocenters. The summed E-state index contributed by atoms with van der Waals surface area (Å²) >= 11 is 5.48. The first-order chi connectivity index (χ1) is 16.6. The topological polar surface area (TPSA) is 50.8 Å². The molecule has 3 aromatic rings. The van der Waals surface area contributed by atoms with Crippen LogP contribution < -0.4 is 14.8 Å². The first-order valence-electron chi connectivity index (χ1n) is 11.8. The van der Waals surface area contributed by atoms with E-state index in [1.54, 1.807) is 12.0 Å². The summed E-state index contributed by atoms with van der Waals surface area (Å²) in [6.45, 7) is 0.437. The second-order valence-electron chi connectivity index (χ2n) is 8.84. The highest BCUT2D eigenvalue weighted by molar-refractivity contribution is 7.80. The van der Waals surface area contributed by atoms with Gasteiger partial charge in [-0.3, -0.25) is 9.69 Å². The van der Waals surface area contributed by atoms with Gasteiger partial charge in [-0.2, -0.15) is 0 Å². The maximum atomic E-state index is 13.0. The van der Waals surface area contributed by atoms with Crippen molar-refractivity contribution in [2.24, 2.45) is 0 Å². The summed E-state index contributed by atoms with van der Waals surface area (Å²) in [5, 5.41) is 6.01. The third kappa shape index (κ3) is 4.64. The van der Waals surface area contributed by atoms with Gasteiger partial charge in [-0.25, -0.2) is 0 Å². The Morgan fingerprint density at radius 3 is 2.59 bits per heavy atom. The van der Waals surface area contributed by atoms with E-state index in [4.69, 9.17) is 21.7 Å². The first kappa shape index (κ1) is 22.4. The Morgan fingerprint density at radius 2 is 1.79 bits per heavy atom. The van der Waals surface area contributed by atoms with Gasteiger partial charge in [-0.05, 0) is 71.2 Å². The number of nitrogens with zero attached hydrogens (tertiary/aromatic N) is 1. The lowest BCUT2D eigenvalue weighted by Crippen LogP contribution is -2.41. The van der Waals surface area contributed by atoms with E-state index >= 15 is 0 Å². The summed E-state index contributed by atoms with van der Waals surface area (Å²) in [5.74, 6) is 1.22. The molecule has 5 nitrogen and oxygen atoms in total. The van der Waals surface area contributed by atoms with Gasteiger partial charge in [-0.15, -0.1) is 0 Å². The number of nitrogens with one attached hydrogen (secondary N) is 1. The summed E-state index contributed by atoms with van der Waals surface area (Å²) in [4.78, 5) is 14.8. The fourth-order valence-electron chi connectivity index (χ4n) is 4.77. The maximum absolute atomic E-state index is 13.0. The molecule has 0 bridgehead atoms. The number of carbonyl (C=O) groups is 1. The number of fused-ring (bicyclic) bond motifs is 1. The van der Waals surface area contributed by atoms with Crippen LogP contribution in [0.5, 0.6) is 11.5 Å². The molecule has 34 heavy (non-hydrogen) atoms. The fourth-order valence-corrected chi connectivity index (χ4v) is 5.11. The summed E-state index contributed by atoms with van der Waals surface area (Å²) in [6.07, 6.45) is 7.38. The van der Waals surface area contributed by atoms with Gasteiger partial charge >= 0.3 is 0 Å². The van der Waals surface area contributed by atoms with E-state index in [1.807, 2.05) is 36.4 Å². The number of hydrogen-bond donors (Lipinski definition) is 1. The highest BCUT2D eigenvalue weighted by Gasteiger charge is 2.36. The van der Waals surface area contributed by atoms with Crippen molar-refractivity contribution in [3.63, 3.8) is 0 Å². The lowest BCUT2D eigenvalue weighted by molar-refractivity contribution is -0.124. The Kier molecular flexibility index (Phi) is 6.50. The standard InChI is InChI=1S/C28H28N2O3S/c1-32-26-17-19(16-24-27(31)30(28(34)29-24)23-9-3-2-4-10-23)12-14-25(26)33-18-20-11-13-21-7-5-6-8-22(21)15-20/h5-8,11-17,23H,2-4,9-10,18H2,1H3,(H,29,34)/b24-16-. The molecule has 1 aliphatic carbocycles. The number of hydrogen-bond acceptors (Lipinski definition) is 4. The second kappa shape index (κ2) is 9.85. The van der Waals surface area contributed by atoms with Gasteiger partial charge < -0.3 is 14.8 Å². The van der Waals surface area contributed by atoms with Crippen molar-refractivity contribution in [1.29, 1.82) is 0 Å². The minimum absolute atomic E-state index is 0.0486. The predicted octanol–water partition coefficient (Wildman–Crippen LogP) is 5.82. The third-order valence-electron chi connectivity index (χ3n) is 6.56. The van der Waals surface area contributed by atoms with E-state index in [2.05, 4.69) is 35.6 Å². The number of thiocarbonyl (C=S) groups is 1. The molecule has 2 fully saturated rings. The number of amides is 1. The summed E-state index contributed by atoms with van der Waals surface area (Å²) < 4.78 is 11.6. The summed E-state index contributed by atoms with van der Waals surface area (Å²) in [7, 11) is 1.62. The van der Waals surface area contributed by atoms with Gasteiger partial charge in [0, 0.05) is 6.04 Å². The molecule has 1 aliphatic heterocycles. The molecule has 0 aromatic heterocycles. The van der Waals surface area contributed by atoms with Crippen molar-refractivity contribution in [3.05, 3.63) is 77.5 Å². The molecule has 1 heterocycles. The van der Waals surface area contributed by atoms with Gasteiger partial charge in [0.2, 0.25) is 0 Å². The van der Waals surface area contributed by atoms with Crippen LogP contribution in [0, 0.1) is 0 Å². The minimum Gasteiger partial charge on any atom is -0.493 e. The zero-order valence-electron chi connectivity index (χ0n) is 19.3. The van der Waals surface area contributed by atoms with Crippen LogP contribution in [-0.2, 0) is 11.4 Å². The molecule has 0 radical (unpaired) electrons. The predicted molar refractivity (Wildman–Crippen MR) is 139 cm³/mol. The van der Waals surface area contributed by atoms with E-state index < -0.39 is 0 Å². The van der Waals surface area contributed by atoms with Crippen molar-refractivity contribution in [3.8, 4) is 11.5 Å². The largest absolute Gasteiger partial charge is 0.493 e. The summed E-state index contributed by atoms with van der Waals surface area (Å²) in [5.41, 5.74) is 2.44. The molecule has 1 amide bonds. The van der Waals surface area contributed by atoms with E-state index in [9.17, 15) is 4.79 Å². The fraction of sp³-hybridized carbons (Fsp3) is 0.286. The van der Waals surface area contributed by atoms with Crippen LogP contribution in [-0.4, -0.2) is 29.1 Å². The molecular weight excluding hydrogens is 444 g/mol. The van der Waals surface area contributed by atoms with Crippen molar-refractivity contribution >= 4 is 40.1 Å². The van der Waals surface area contributed by atoms with Crippen LogP contribution >= 0.6 is 12.2 Å². The molecule has 1 N–H and O–H groups in total. The lowest BCUT2D eigenvalue weighted by atomic mass is 9.94. The molecule has 0 spiro atoms. The van der Waals surface area contributed by atoms with E-state index in [0.717, 1.165) is 36.8 Å².